The van der Waals surface area contributed by atoms with E-state index in [1.165, 1.54) is 96.6 Å². The first-order chi connectivity index (χ1) is 21.2. The van der Waals surface area contributed by atoms with Crippen molar-refractivity contribution in [2.75, 3.05) is 0 Å². The van der Waals surface area contributed by atoms with Gasteiger partial charge in [-0.25, -0.2) is 0 Å². The lowest BCUT2D eigenvalue weighted by Crippen LogP contribution is -1.89. The van der Waals surface area contributed by atoms with Gasteiger partial charge in [-0.15, -0.1) is 11.3 Å². The highest BCUT2D eigenvalue weighted by Gasteiger charge is 2.18. The number of rotatable bonds is 2. The van der Waals surface area contributed by atoms with E-state index in [0.29, 0.717) is 0 Å². The Kier molecular flexibility index (Phi) is 5.30. The van der Waals surface area contributed by atoms with E-state index in [-0.39, 0.29) is 0 Å². The molecule has 0 saturated heterocycles. The standard InChI is InChI=1S/C42H28S/c1-25-28-12-3-7-16-32(28)40(33-17-8-4-13-29(25)33)27-22-23-39-38(24-27)36-20-11-21-37(42(36)43-39)41-34-18-9-5-14-30(34)26(2)31-15-6-10-19-35(31)41/h3-24H,1-2H3. The molecule has 0 fully saturated rings. The molecule has 0 aliphatic rings. The minimum Gasteiger partial charge on any atom is -0.135 e. The van der Waals surface area contributed by atoms with Gasteiger partial charge in [0.15, 0.2) is 0 Å². The number of aryl methyl sites for hydroxylation is 2. The Morgan fingerprint density at radius 2 is 0.814 bits per heavy atom. The fourth-order valence-corrected chi connectivity index (χ4v) is 8.65. The fourth-order valence-electron chi connectivity index (χ4n) is 7.44. The quantitative estimate of drug-likeness (QED) is 0.183. The van der Waals surface area contributed by atoms with Gasteiger partial charge in [0.2, 0.25) is 0 Å². The lowest BCUT2D eigenvalue weighted by atomic mass is 9.88. The molecule has 8 aromatic carbocycles. The second-order valence-electron chi connectivity index (χ2n) is 11.7. The van der Waals surface area contributed by atoms with Crippen molar-refractivity contribution in [1.82, 2.24) is 0 Å². The molecule has 0 bridgehead atoms. The predicted octanol–water partition coefficient (Wildman–Crippen LogP) is 12.6. The van der Waals surface area contributed by atoms with Crippen LogP contribution in [0.5, 0.6) is 0 Å². The van der Waals surface area contributed by atoms with E-state index in [0.717, 1.165) is 0 Å². The summed E-state index contributed by atoms with van der Waals surface area (Å²) in [4.78, 5) is 0. The Balaban J connectivity index is 1.36. The second-order valence-corrected chi connectivity index (χ2v) is 12.7. The predicted molar refractivity (Wildman–Crippen MR) is 190 cm³/mol. The highest BCUT2D eigenvalue weighted by Crippen LogP contribution is 2.47. The summed E-state index contributed by atoms with van der Waals surface area (Å²) in [7, 11) is 0. The minimum atomic E-state index is 1.27. The summed E-state index contributed by atoms with van der Waals surface area (Å²) in [5.74, 6) is 0. The van der Waals surface area contributed by atoms with Crippen LogP contribution in [0.15, 0.2) is 133 Å². The second kappa shape index (κ2) is 9.26. The van der Waals surface area contributed by atoms with Crippen molar-refractivity contribution in [3.63, 3.8) is 0 Å². The van der Waals surface area contributed by atoms with E-state index in [1.807, 2.05) is 11.3 Å². The number of hydrogen-bond donors (Lipinski definition) is 0. The maximum Gasteiger partial charge on any atom is 0.0434 e. The third-order valence-corrected chi connectivity index (χ3v) is 10.7. The maximum atomic E-state index is 2.44. The zero-order valence-electron chi connectivity index (χ0n) is 24.1. The van der Waals surface area contributed by atoms with Crippen molar-refractivity contribution < 1.29 is 0 Å². The van der Waals surface area contributed by atoms with Gasteiger partial charge in [0, 0.05) is 25.7 Å². The molecule has 0 saturated carbocycles. The molecule has 0 amide bonds. The summed E-state index contributed by atoms with van der Waals surface area (Å²) in [6.45, 7) is 4.51. The first kappa shape index (κ1) is 24.6. The molecule has 0 spiro atoms. The summed E-state index contributed by atoms with van der Waals surface area (Å²) >= 11 is 1.92. The summed E-state index contributed by atoms with van der Waals surface area (Å²) in [5.41, 5.74) is 7.95. The summed E-state index contributed by atoms with van der Waals surface area (Å²) in [6, 6.07) is 49.5. The van der Waals surface area contributed by atoms with Crippen LogP contribution in [0.3, 0.4) is 0 Å². The van der Waals surface area contributed by atoms with Gasteiger partial charge in [-0.05, 0) is 96.9 Å². The van der Waals surface area contributed by atoms with E-state index in [2.05, 4.69) is 147 Å². The van der Waals surface area contributed by atoms with Gasteiger partial charge >= 0.3 is 0 Å². The number of hydrogen-bond acceptors (Lipinski definition) is 1. The molecule has 1 heterocycles. The molecular weight excluding hydrogens is 537 g/mol. The Morgan fingerprint density at radius 1 is 0.372 bits per heavy atom. The van der Waals surface area contributed by atoms with E-state index < -0.39 is 0 Å². The Bertz CT molecular complexity index is 2470. The Labute approximate surface area is 254 Å². The van der Waals surface area contributed by atoms with Gasteiger partial charge < -0.3 is 0 Å². The van der Waals surface area contributed by atoms with E-state index >= 15 is 0 Å². The van der Waals surface area contributed by atoms with Crippen LogP contribution < -0.4 is 0 Å². The van der Waals surface area contributed by atoms with Crippen LogP contribution in [-0.2, 0) is 0 Å². The van der Waals surface area contributed by atoms with Crippen molar-refractivity contribution in [1.29, 1.82) is 0 Å². The highest BCUT2D eigenvalue weighted by molar-refractivity contribution is 7.26. The van der Waals surface area contributed by atoms with Crippen LogP contribution in [0.25, 0.3) is 85.5 Å². The third kappa shape index (κ3) is 3.49. The van der Waals surface area contributed by atoms with Gasteiger partial charge in [0.1, 0.15) is 0 Å². The minimum absolute atomic E-state index is 1.27. The van der Waals surface area contributed by atoms with Crippen LogP contribution in [0.4, 0.5) is 0 Å². The summed E-state index contributed by atoms with van der Waals surface area (Å²) in [6.07, 6.45) is 0. The molecule has 0 atom stereocenters. The molecule has 0 N–H and O–H groups in total. The SMILES string of the molecule is Cc1c2ccccc2c(-c2ccc3sc4c(-c5c6ccccc6c(C)c6ccccc56)cccc4c3c2)c2ccccc12. The molecule has 202 valence electrons. The molecule has 9 rings (SSSR count). The lowest BCUT2D eigenvalue weighted by molar-refractivity contribution is 1.58. The molecule has 43 heavy (non-hydrogen) atoms. The molecular formula is C42H28S. The molecule has 9 aromatic rings. The van der Waals surface area contributed by atoms with Crippen LogP contribution in [0.2, 0.25) is 0 Å². The van der Waals surface area contributed by atoms with Gasteiger partial charge in [-0.3, -0.25) is 0 Å². The summed E-state index contributed by atoms with van der Waals surface area (Å²) in [5, 5.41) is 13.2. The number of thiophene rings is 1. The fraction of sp³-hybridized carbons (Fsp3) is 0.0476. The zero-order valence-corrected chi connectivity index (χ0v) is 24.9. The average Bonchev–Trinajstić information content (AvgIpc) is 3.44. The molecule has 0 nitrogen and oxygen atoms in total. The van der Waals surface area contributed by atoms with Crippen LogP contribution in [0, 0.1) is 13.8 Å². The van der Waals surface area contributed by atoms with Crippen molar-refractivity contribution in [2.24, 2.45) is 0 Å². The van der Waals surface area contributed by atoms with Crippen LogP contribution >= 0.6 is 11.3 Å². The van der Waals surface area contributed by atoms with Gasteiger partial charge in [0.05, 0.1) is 0 Å². The first-order valence-electron chi connectivity index (χ1n) is 14.9. The van der Waals surface area contributed by atoms with Crippen molar-refractivity contribution in [3.8, 4) is 22.3 Å². The number of fused-ring (bicyclic) bond motifs is 7. The topological polar surface area (TPSA) is 0 Å². The van der Waals surface area contributed by atoms with Gasteiger partial charge in [-0.1, -0.05) is 121 Å². The Morgan fingerprint density at radius 3 is 1.33 bits per heavy atom. The van der Waals surface area contributed by atoms with Crippen molar-refractivity contribution in [2.45, 2.75) is 13.8 Å². The van der Waals surface area contributed by atoms with Crippen molar-refractivity contribution in [3.05, 3.63) is 145 Å². The monoisotopic (exact) mass is 564 g/mol. The highest BCUT2D eigenvalue weighted by atomic mass is 32.1. The largest absolute Gasteiger partial charge is 0.135 e. The first-order valence-corrected chi connectivity index (χ1v) is 15.8. The summed E-state index contributed by atoms with van der Waals surface area (Å²) < 4.78 is 2.68. The lowest BCUT2D eigenvalue weighted by Gasteiger charge is -2.16. The Hall–Kier alpha value is -4.98. The van der Waals surface area contributed by atoms with Crippen LogP contribution in [-0.4, -0.2) is 0 Å². The molecule has 0 radical (unpaired) electrons. The van der Waals surface area contributed by atoms with E-state index in [9.17, 15) is 0 Å². The van der Waals surface area contributed by atoms with Gasteiger partial charge in [0.25, 0.3) is 0 Å². The van der Waals surface area contributed by atoms with Gasteiger partial charge in [-0.2, -0.15) is 0 Å². The van der Waals surface area contributed by atoms with Crippen LogP contribution in [0.1, 0.15) is 11.1 Å². The zero-order chi connectivity index (χ0) is 28.7. The average molecular weight is 565 g/mol. The third-order valence-electron chi connectivity index (χ3n) is 9.46. The maximum absolute atomic E-state index is 2.44. The molecule has 0 aliphatic heterocycles. The number of benzene rings is 8. The smallest absolute Gasteiger partial charge is 0.0434 e. The normalized spacial score (nSPS) is 12.0. The van der Waals surface area contributed by atoms with Crippen molar-refractivity contribution >= 4 is 74.6 Å². The molecule has 1 heteroatoms. The molecule has 1 aromatic heterocycles. The molecule has 0 unspecified atom stereocenters. The van der Waals surface area contributed by atoms with E-state index in [1.54, 1.807) is 0 Å². The molecule has 0 aliphatic carbocycles. The van der Waals surface area contributed by atoms with E-state index in [4.69, 9.17) is 0 Å².